The zero-order valence-corrected chi connectivity index (χ0v) is 7.10. The zero-order chi connectivity index (χ0) is 9.10. The van der Waals surface area contributed by atoms with Gasteiger partial charge in [-0.3, -0.25) is 4.68 Å². The number of hydrogen-bond acceptors (Lipinski definition) is 5. The summed E-state index contributed by atoms with van der Waals surface area (Å²) in [6, 6.07) is 1.85. The predicted octanol–water partition coefficient (Wildman–Crippen LogP) is 0.160. The van der Waals surface area contributed by atoms with Crippen LogP contribution in [0.15, 0.2) is 12.3 Å². The summed E-state index contributed by atoms with van der Waals surface area (Å²) in [5.74, 6) is 1.13. The van der Waals surface area contributed by atoms with E-state index < -0.39 is 0 Å². The summed E-state index contributed by atoms with van der Waals surface area (Å²) < 4.78 is 1.81. The van der Waals surface area contributed by atoms with Gasteiger partial charge in [-0.05, 0) is 12.1 Å². The minimum absolute atomic E-state index is 0.418. The van der Waals surface area contributed by atoms with E-state index in [1.165, 1.54) is 0 Å². The summed E-state index contributed by atoms with van der Waals surface area (Å²) in [6.07, 6.45) is 1.88. The zero-order valence-electron chi connectivity index (χ0n) is 7.10. The maximum Gasteiger partial charge on any atom is 0.268 e. The molecule has 2 aromatic rings. The van der Waals surface area contributed by atoms with Crippen LogP contribution in [0.2, 0.25) is 0 Å². The largest absolute Gasteiger partial charge is 0.305 e. The number of anilines is 2. The number of tetrazole rings is 1. The van der Waals surface area contributed by atoms with Crippen LogP contribution >= 0.6 is 0 Å². The molecule has 0 spiro atoms. The summed E-state index contributed by atoms with van der Waals surface area (Å²) in [5.41, 5.74) is 0. The lowest BCUT2D eigenvalue weighted by Gasteiger charge is -1.94. The third-order valence-corrected chi connectivity index (χ3v) is 1.55. The van der Waals surface area contributed by atoms with Crippen molar-refractivity contribution in [1.82, 2.24) is 30.4 Å². The first-order valence-corrected chi connectivity index (χ1v) is 3.92. The van der Waals surface area contributed by atoms with Gasteiger partial charge < -0.3 is 5.32 Å². The molecule has 0 aliphatic carbocycles. The summed E-state index contributed by atoms with van der Waals surface area (Å²) in [5, 5.41) is 20.3. The quantitative estimate of drug-likeness (QED) is 0.701. The Morgan fingerprint density at radius 3 is 3.15 bits per heavy atom. The van der Waals surface area contributed by atoms with Crippen molar-refractivity contribution in [1.29, 1.82) is 0 Å². The van der Waals surface area contributed by atoms with Crippen LogP contribution < -0.4 is 5.32 Å². The Balaban J connectivity index is 2.10. The summed E-state index contributed by atoms with van der Waals surface area (Å²) in [4.78, 5) is 0. The first kappa shape index (κ1) is 7.71. The molecule has 0 fully saturated rings. The Morgan fingerprint density at radius 1 is 1.62 bits per heavy atom. The van der Waals surface area contributed by atoms with Gasteiger partial charge in [-0.25, -0.2) is 0 Å². The number of nitrogens with zero attached hydrogens (tertiary/aromatic N) is 5. The highest BCUT2D eigenvalue weighted by molar-refractivity contribution is 5.44. The highest BCUT2D eigenvalue weighted by Gasteiger charge is 2.00. The van der Waals surface area contributed by atoms with Crippen LogP contribution in [0.1, 0.15) is 6.92 Å². The van der Waals surface area contributed by atoms with E-state index in [0.717, 1.165) is 6.54 Å². The Labute approximate surface area is 74.1 Å². The van der Waals surface area contributed by atoms with Gasteiger partial charge in [0.05, 0.1) is 0 Å². The third kappa shape index (κ3) is 1.63. The molecule has 0 saturated heterocycles. The summed E-state index contributed by atoms with van der Waals surface area (Å²) >= 11 is 0. The van der Waals surface area contributed by atoms with Crippen molar-refractivity contribution in [2.24, 2.45) is 0 Å². The van der Waals surface area contributed by atoms with E-state index in [1.54, 1.807) is 0 Å². The average molecular weight is 179 g/mol. The molecule has 0 aliphatic rings. The molecule has 7 heteroatoms. The van der Waals surface area contributed by atoms with E-state index in [2.05, 4.69) is 31.0 Å². The molecule has 0 bridgehead atoms. The molecular formula is C6H9N7. The van der Waals surface area contributed by atoms with Gasteiger partial charge in [-0.1, -0.05) is 5.10 Å². The molecule has 2 heterocycles. The normalized spacial score (nSPS) is 10.2. The lowest BCUT2D eigenvalue weighted by atomic mass is 10.6. The first-order valence-electron chi connectivity index (χ1n) is 3.92. The highest BCUT2D eigenvalue weighted by atomic mass is 15.5. The van der Waals surface area contributed by atoms with Crippen molar-refractivity contribution in [3.05, 3.63) is 12.3 Å². The van der Waals surface area contributed by atoms with E-state index in [9.17, 15) is 0 Å². The molecule has 7 nitrogen and oxygen atoms in total. The second-order valence-corrected chi connectivity index (χ2v) is 2.42. The van der Waals surface area contributed by atoms with Crippen molar-refractivity contribution in [3.63, 3.8) is 0 Å². The monoisotopic (exact) mass is 179 g/mol. The van der Waals surface area contributed by atoms with E-state index in [-0.39, 0.29) is 0 Å². The number of aromatic nitrogens is 6. The van der Waals surface area contributed by atoms with Crippen LogP contribution in [-0.2, 0) is 6.54 Å². The highest BCUT2D eigenvalue weighted by Crippen LogP contribution is 2.06. The van der Waals surface area contributed by atoms with Gasteiger partial charge in [0.15, 0.2) is 5.82 Å². The SMILES string of the molecule is CCn1ccc(Nc2nn[nH]n2)n1. The molecule has 2 aromatic heterocycles. The van der Waals surface area contributed by atoms with E-state index in [4.69, 9.17) is 0 Å². The Hall–Kier alpha value is -1.92. The fourth-order valence-electron chi connectivity index (χ4n) is 0.934. The van der Waals surface area contributed by atoms with Crippen LogP contribution in [0, 0.1) is 0 Å². The lowest BCUT2D eigenvalue weighted by Crippen LogP contribution is -1.97. The van der Waals surface area contributed by atoms with Gasteiger partial charge in [0.2, 0.25) is 0 Å². The van der Waals surface area contributed by atoms with Gasteiger partial charge in [0.25, 0.3) is 5.95 Å². The molecule has 0 radical (unpaired) electrons. The maximum atomic E-state index is 4.19. The molecule has 13 heavy (non-hydrogen) atoms. The second kappa shape index (κ2) is 3.21. The van der Waals surface area contributed by atoms with Crippen LogP contribution in [0.5, 0.6) is 0 Å². The Kier molecular flexibility index (Phi) is 1.91. The number of H-pyrrole nitrogens is 1. The fraction of sp³-hybridized carbons (Fsp3) is 0.333. The number of hydrogen-bond donors (Lipinski definition) is 2. The molecule has 68 valence electrons. The van der Waals surface area contributed by atoms with Gasteiger partial charge in [-0.2, -0.15) is 10.3 Å². The average Bonchev–Trinajstić information content (AvgIpc) is 2.76. The fourth-order valence-corrected chi connectivity index (χ4v) is 0.934. The van der Waals surface area contributed by atoms with Crippen LogP contribution in [0.4, 0.5) is 11.8 Å². The van der Waals surface area contributed by atoms with E-state index in [0.29, 0.717) is 11.8 Å². The lowest BCUT2D eigenvalue weighted by molar-refractivity contribution is 0.662. The molecule has 0 aliphatic heterocycles. The molecule has 0 amide bonds. The van der Waals surface area contributed by atoms with E-state index >= 15 is 0 Å². The number of rotatable bonds is 3. The molecule has 0 saturated carbocycles. The number of aryl methyl sites for hydroxylation is 1. The third-order valence-electron chi connectivity index (χ3n) is 1.55. The van der Waals surface area contributed by atoms with Gasteiger partial charge >= 0.3 is 0 Å². The minimum Gasteiger partial charge on any atom is -0.305 e. The Morgan fingerprint density at radius 2 is 2.54 bits per heavy atom. The maximum absolute atomic E-state index is 4.19. The van der Waals surface area contributed by atoms with Crippen molar-refractivity contribution in [2.45, 2.75) is 13.5 Å². The second-order valence-electron chi connectivity index (χ2n) is 2.42. The summed E-state index contributed by atoms with van der Waals surface area (Å²) in [6.45, 7) is 2.86. The standard InChI is InChI=1S/C6H9N7/c1-2-13-4-3-5(10-13)7-6-8-11-12-9-6/h3-4H,2H2,1H3,(H2,7,8,9,10,11,12). The molecule has 0 atom stereocenters. The summed E-state index contributed by atoms with van der Waals surface area (Å²) in [7, 11) is 0. The van der Waals surface area contributed by atoms with Crippen LogP contribution in [0.25, 0.3) is 0 Å². The molecule has 2 rings (SSSR count). The molecule has 0 unspecified atom stereocenters. The van der Waals surface area contributed by atoms with Crippen LogP contribution in [-0.4, -0.2) is 30.4 Å². The van der Waals surface area contributed by atoms with Gasteiger partial charge in [0, 0.05) is 18.8 Å². The van der Waals surface area contributed by atoms with Gasteiger partial charge in [-0.15, -0.1) is 5.10 Å². The van der Waals surface area contributed by atoms with Crippen molar-refractivity contribution in [2.75, 3.05) is 5.32 Å². The van der Waals surface area contributed by atoms with E-state index in [1.807, 2.05) is 23.9 Å². The topological polar surface area (TPSA) is 84.3 Å². The smallest absolute Gasteiger partial charge is 0.268 e. The van der Waals surface area contributed by atoms with Gasteiger partial charge in [0.1, 0.15) is 0 Å². The number of aromatic amines is 1. The predicted molar refractivity (Wildman–Crippen MR) is 45.4 cm³/mol. The molecule has 2 N–H and O–H groups in total. The van der Waals surface area contributed by atoms with Crippen molar-refractivity contribution >= 4 is 11.8 Å². The first-order chi connectivity index (χ1) is 6.38. The Bertz CT molecular complexity index is 362. The minimum atomic E-state index is 0.418. The van der Waals surface area contributed by atoms with Crippen molar-refractivity contribution in [3.8, 4) is 0 Å². The van der Waals surface area contributed by atoms with Crippen molar-refractivity contribution < 1.29 is 0 Å². The van der Waals surface area contributed by atoms with Crippen LogP contribution in [0.3, 0.4) is 0 Å². The molecular weight excluding hydrogens is 170 g/mol. The number of nitrogens with one attached hydrogen (secondary N) is 2. The molecule has 0 aromatic carbocycles.